The Morgan fingerprint density at radius 2 is 2.18 bits per heavy atom. The van der Waals surface area contributed by atoms with Gasteiger partial charge >= 0.3 is 5.69 Å². The molecule has 1 N–H and O–H groups in total. The lowest BCUT2D eigenvalue weighted by molar-refractivity contribution is -0.384. The summed E-state index contributed by atoms with van der Waals surface area (Å²) < 4.78 is 13.5. The van der Waals surface area contributed by atoms with Crippen LogP contribution in [0.3, 0.4) is 0 Å². The van der Waals surface area contributed by atoms with Crippen molar-refractivity contribution >= 4 is 11.5 Å². The fraction of sp³-hybridized carbons (Fsp3) is 0.786. The predicted molar refractivity (Wildman–Crippen MR) is 79.7 cm³/mol. The van der Waals surface area contributed by atoms with Crippen molar-refractivity contribution < 1.29 is 14.4 Å². The van der Waals surface area contributed by atoms with Crippen LogP contribution in [0.15, 0.2) is 0 Å². The van der Waals surface area contributed by atoms with Crippen molar-refractivity contribution in [3.8, 4) is 0 Å². The lowest BCUT2D eigenvalue weighted by Crippen LogP contribution is -2.34. The molecule has 1 saturated heterocycles. The molecule has 1 atom stereocenters. The Labute approximate surface area is 128 Å². The van der Waals surface area contributed by atoms with Crippen LogP contribution in [0.2, 0.25) is 0 Å². The molecule has 0 unspecified atom stereocenters. The van der Waals surface area contributed by atoms with Crippen molar-refractivity contribution in [1.29, 1.82) is 0 Å². The first-order valence-electron chi connectivity index (χ1n) is 7.74. The van der Waals surface area contributed by atoms with E-state index in [4.69, 9.17) is 9.47 Å². The van der Waals surface area contributed by atoms with E-state index in [0.29, 0.717) is 24.7 Å². The highest BCUT2D eigenvalue weighted by molar-refractivity contribution is 5.59. The number of aromatic nitrogens is 2. The monoisotopic (exact) mass is 310 g/mol. The van der Waals surface area contributed by atoms with Gasteiger partial charge in [-0.05, 0) is 19.8 Å². The molecule has 122 valence electrons. The predicted octanol–water partition coefficient (Wildman–Crippen LogP) is 2.12. The third kappa shape index (κ3) is 2.80. The molecular formula is C14H22N4O4. The molecule has 1 saturated carbocycles. The summed E-state index contributed by atoms with van der Waals surface area (Å²) >= 11 is 0. The van der Waals surface area contributed by atoms with Gasteiger partial charge in [0.2, 0.25) is 5.82 Å². The Balaban J connectivity index is 1.63. The second kappa shape index (κ2) is 5.85. The molecule has 2 aliphatic rings. The molecule has 2 fully saturated rings. The highest BCUT2D eigenvalue weighted by atomic mass is 16.7. The standard InChI is InChI=1S/C14H22N4O4/c1-10-12(18(19)20)13(17(2)16-10)15-8-11-9-21-14(22-11)6-4-3-5-7-14/h11,15H,3-9H2,1-2H3/t11-/m0/s1. The molecule has 0 bridgehead atoms. The molecule has 1 spiro atoms. The molecule has 3 rings (SSSR count). The molecule has 0 aromatic carbocycles. The average Bonchev–Trinajstić information content (AvgIpc) is 2.98. The van der Waals surface area contributed by atoms with E-state index in [1.54, 1.807) is 14.0 Å². The van der Waals surface area contributed by atoms with Gasteiger partial charge in [-0.2, -0.15) is 5.10 Å². The quantitative estimate of drug-likeness (QED) is 0.676. The van der Waals surface area contributed by atoms with Gasteiger partial charge in [-0.1, -0.05) is 6.42 Å². The summed E-state index contributed by atoms with van der Waals surface area (Å²) in [7, 11) is 1.69. The third-order valence-electron chi connectivity index (χ3n) is 4.40. The maximum atomic E-state index is 11.2. The Hall–Kier alpha value is -1.67. The van der Waals surface area contributed by atoms with E-state index in [0.717, 1.165) is 25.7 Å². The van der Waals surface area contributed by atoms with Gasteiger partial charge in [0.05, 0.1) is 11.5 Å². The molecule has 8 nitrogen and oxygen atoms in total. The van der Waals surface area contributed by atoms with E-state index < -0.39 is 10.7 Å². The van der Waals surface area contributed by atoms with Crippen molar-refractivity contribution in [3.05, 3.63) is 15.8 Å². The zero-order valence-corrected chi connectivity index (χ0v) is 13.0. The van der Waals surface area contributed by atoms with E-state index in [-0.39, 0.29) is 11.8 Å². The minimum Gasteiger partial charge on any atom is -0.362 e. The van der Waals surface area contributed by atoms with E-state index in [2.05, 4.69) is 10.4 Å². The number of nitrogens with zero attached hydrogens (tertiary/aromatic N) is 3. The zero-order chi connectivity index (χ0) is 15.7. The van der Waals surface area contributed by atoms with Crippen molar-refractivity contribution in [3.63, 3.8) is 0 Å². The minimum absolute atomic E-state index is 0.0220. The topological polar surface area (TPSA) is 91.5 Å². The van der Waals surface area contributed by atoms with E-state index >= 15 is 0 Å². The van der Waals surface area contributed by atoms with Crippen LogP contribution in [0.4, 0.5) is 11.5 Å². The van der Waals surface area contributed by atoms with Gasteiger partial charge in [-0.15, -0.1) is 0 Å². The second-order valence-electron chi connectivity index (χ2n) is 6.07. The van der Waals surface area contributed by atoms with Gasteiger partial charge in [0, 0.05) is 26.4 Å². The fourth-order valence-corrected chi connectivity index (χ4v) is 3.34. The van der Waals surface area contributed by atoms with Gasteiger partial charge in [0.25, 0.3) is 0 Å². The fourth-order valence-electron chi connectivity index (χ4n) is 3.34. The highest BCUT2D eigenvalue weighted by Gasteiger charge is 2.42. The third-order valence-corrected chi connectivity index (χ3v) is 4.40. The largest absolute Gasteiger partial charge is 0.362 e. The van der Waals surface area contributed by atoms with Crippen LogP contribution in [0.5, 0.6) is 0 Å². The number of nitro groups is 1. The lowest BCUT2D eigenvalue weighted by atomic mass is 9.94. The molecule has 8 heteroatoms. The SMILES string of the molecule is Cc1nn(C)c(NC[C@H]2COC3(CCCCC3)O2)c1[N+](=O)[O-]. The van der Waals surface area contributed by atoms with Gasteiger partial charge in [0.15, 0.2) is 5.79 Å². The average molecular weight is 310 g/mol. The van der Waals surface area contributed by atoms with Crippen LogP contribution >= 0.6 is 0 Å². The summed E-state index contributed by atoms with van der Waals surface area (Å²) in [5.74, 6) is -0.00507. The van der Waals surface area contributed by atoms with Crippen LogP contribution in [-0.2, 0) is 16.5 Å². The molecular weight excluding hydrogens is 288 g/mol. The molecule has 0 radical (unpaired) electrons. The maximum absolute atomic E-state index is 11.2. The molecule has 22 heavy (non-hydrogen) atoms. The number of hydrogen-bond donors (Lipinski definition) is 1. The maximum Gasteiger partial charge on any atom is 0.333 e. The van der Waals surface area contributed by atoms with E-state index in [1.807, 2.05) is 0 Å². The smallest absolute Gasteiger partial charge is 0.333 e. The zero-order valence-electron chi connectivity index (χ0n) is 13.0. The first-order chi connectivity index (χ1) is 10.5. The molecule has 1 aromatic heterocycles. The van der Waals surface area contributed by atoms with Crippen molar-refractivity contribution in [2.75, 3.05) is 18.5 Å². The summed E-state index contributed by atoms with van der Waals surface area (Å²) in [6, 6.07) is 0. The summed E-state index contributed by atoms with van der Waals surface area (Å²) in [6.07, 6.45) is 5.29. The number of aryl methyl sites for hydroxylation is 2. The molecule has 1 aliphatic heterocycles. The first kappa shape index (κ1) is 15.2. The lowest BCUT2D eigenvalue weighted by Gasteiger charge is -2.31. The van der Waals surface area contributed by atoms with Crippen LogP contribution in [0.1, 0.15) is 37.8 Å². The van der Waals surface area contributed by atoms with E-state index in [1.165, 1.54) is 11.1 Å². The summed E-state index contributed by atoms with van der Waals surface area (Å²) in [5, 5.41) is 18.4. The Kier molecular flexibility index (Phi) is 4.05. The van der Waals surface area contributed by atoms with Crippen molar-refractivity contribution in [1.82, 2.24) is 9.78 Å². The Morgan fingerprint density at radius 3 is 2.86 bits per heavy atom. The summed E-state index contributed by atoms with van der Waals surface area (Å²) in [5.41, 5.74) is 0.427. The van der Waals surface area contributed by atoms with Gasteiger partial charge in [0.1, 0.15) is 11.8 Å². The van der Waals surface area contributed by atoms with Crippen molar-refractivity contribution in [2.24, 2.45) is 7.05 Å². The molecule has 1 aromatic rings. The molecule has 1 aliphatic carbocycles. The number of hydrogen-bond acceptors (Lipinski definition) is 6. The van der Waals surface area contributed by atoms with Crippen LogP contribution in [0.25, 0.3) is 0 Å². The number of rotatable bonds is 4. The van der Waals surface area contributed by atoms with Gasteiger partial charge < -0.3 is 14.8 Å². The summed E-state index contributed by atoms with van der Waals surface area (Å²) in [4.78, 5) is 10.7. The second-order valence-corrected chi connectivity index (χ2v) is 6.07. The van der Waals surface area contributed by atoms with Gasteiger partial charge in [-0.25, -0.2) is 4.68 Å². The van der Waals surface area contributed by atoms with E-state index in [9.17, 15) is 10.1 Å². The summed E-state index contributed by atoms with van der Waals surface area (Å²) in [6.45, 7) is 2.63. The van der Waals surface area contributed by atoms with Crippen LogP contribution in [0, 0.1) is 17.0 Å². The first-order valence-corrected chi connectivity index (χ1v) is 7.74. The number of ether oxygens (including phenoxy) is 2. The molecule has 2 heterocycles. The van der Waals surface area contributed by atoms with Crippen LogP contribution < -0.4 is 5.32 Å². The number of anilines is 1. The Bertz CT molecular complexity index is 565. The van der Waals surface area contributed by atoms with Gasteiger partial charge in [-0.3, -0.25) is 10.1 Å². The van der Waals surface area contributed by atoms with Crippen LogP contribution in [-0.4, -0.2) is 39.7 Å². The number of nitrogens with one attached hydrogen (secondary N) is 1. The van der Waals surface area contributed by atoms with Crippen molar-refractivity contribution in [2.45, 2.75) is 50.9 Å². The Morgan fingerprint density at radius 1 is 1.45 bits per heavy atom. The molecule has 0 amide bonds. The highest BCUT2D eigenvalue weighted by Crippen LogP contribution is 2.38. The minimum atomic E-state index is -0.418. The normalized spacial score (nSPS) is 23.8.